The first-order chi connectivity index (χ1) is 13.8. The number of amidine groups is 1. The minimum absolute atomic E-state index is 0.489. The van der Waals surface area contributed by atoms with Gasteiger partial charge in [-0.25, -0.2) is 4.99 Å². The van der Waals surface area contributed by atoms with Crippen molar-refractivity contribution in [2.45, 2.75) is 0 Å². The molecule has 6 nitrogen and oxygen atoms in total. The zero-order chi connectivity index (χ0) is 18.9. The van der Waals surface area contributed by atoms with Crippen molar-refractivity contribution in [2.24, 2.45) is 10.7 Å². The summed E-state index contributed by atoms with van der Waals surface area (Å²) in [5.74, 6) is 2.18. The van der Waals surface area contributed by atoms with Crippen molar-refractivity contribution in [3.8, 4) is 21.9 Å². The summed E-state index contributed by atoms with van der Waals surface area (Å²) in [5.41, 5.74) is 9.19. The van der Waals surface area contributed by atoms with Gasteiger partial charge >= 0.3 is 0 Å². The molecule has 3 N–H and O–H groups in total. The van der Waals surface area contributed by atoms with Gasteiger partial charge in [-0.15, -0.1) is 11.3 Å². The Morgan fingerprint density at radius 1 is 1.04 bits per heavy atom. The first-order valence-electron chi connectivity index (χ1n) is 8.82. The highest BCUT2D eigenvalue weighted by Crippen LogP contribution is 2.42. The molecule has 1 aliphatic rings. The summed E-state index contributed by atoms with van der Waals surface area (Å²) in [6.07, 6.45) is 3.69. The van der Waals surface area contributed by atoms with E-state index in [1.807, 2.05) is 67.0 Å². The van der Waals surface area contributed by atoms with Gasteiger partial charge in [0.05, 0.1) is 11.8 Å². The van der Waals surface area contributed by atoms with E-state index in [1.54, 1.807) is 11.3 Å². The average molecular weight is 387 g/mol. The van der Waals surface area contributed by atoms with Gasteiger partial charge in [0.15, 0.2) is 0 Å². The summed E-state index contributed by atoms with van der Waals surface area (Å²) in [5, 5.41) is 7.98. The highest BCUT2D eigenvalue weighted by Gasteiger charge is 2.24. The van der Waals surface area contributed by atoms with Crippen molar-refractivity contribution in [1.29, 1.82) is 0 Å². The van der Waals surface area contributed by atoms with E-state index >= 15 is 0 Å². The highest BCUT2D eigenvalue weighted by atomic mass is 32.1. The van der Waals surface area contributed by atoms with Gasteiger partial charge in [-0.3, -0.25) is 5.10 Å². The third-order valence-corrected chi connectivity index (χ3v) is 5.73. The van der Waals surface area contributed by atoms with Gasteiger partial charge < -0.3 is 15.4 Å². The predicted octanol–water partition coefficient (Wildman–Crippen LogP) is 4.75. The zero-order valence-corrected chi connectivity index (χ0v) is 15.7. The van der Waals surface area contributed by atoms with Gasteiger partial charge in [0.2, 0.25) is 0 Å². The number of nitrogens with zero attached hydrogens (tertiary/aromatic N) is 3. The lowest BCUT2D eigenvalue weighted by Gasteiger charge is -2.26. The van der Waals surface area contributed by atoms with E-state index in [0.717, 1.165) is 38.2 Å². The van der Waals surface area contributed by atoms with E-state index in [2.05, 4.69) is 26.2 Å². The SMILES string of the molecule is NC1=NCN(c2ccc(Oc3ccccc3)cc2)c2sc(-c3cn[nH]c3)cc21. The van der Waals surface area contributed by atoms with Gasteiger partial charge in [0.1, 0.15) is 29.0 Å². The summed E-state index contributed by atoms with van der Waals surface area (Å²) in [6, 6.07) is 19.8. The molecule has 138 valence electrons. The van der Waals surface area contributed by atoms with Crippen LogP contribution in [0.4, 0.5) is 10.7 Å². The minimum atomic E-state index is 0.489. The molecule has 1 aliphatic heterocycles. The van der Waals surface area contributed by atoms with Crippen LogP contribution in [-0.4, -0.2) is 22.7 Å². The number of aliphatic imine (C=N–C) groups is 1. The number of H-pyrrole nitrogens is 1. The fourth-order valence-electron chi connectivity index (χ4n) is 3.11. The number of fused-ring (bicyclic) bond motifs is 1. The standard InChI is InChI=1S/C21H17N5OS/c22-20-18-10-19(14-11-24-25-12-14)28-21(18)26(13-23-20)15-6-8-17(9-7-15)27-16-4-2-1-3-5-16/h1-12H,13H2,(H2,22,23)(H,24,25). The topological polar surface area (TPSA) is 79.5 Å². The van der Waals surface area contributed by atoms with E-state index in [-0.39, 0.29) is 0 Å². The van der Waals surface area contributed by atoms with Crippen molar-refractivity contribution in [1.82, 2.24) is 10.2 Å². The maximum absolute atomic E-state index is 6.15. The Bertz CT molecular complexity index is 1120. The van der Waals surface area contributed by atoms with Crippen LogP contribution < -0.4 is 15.4 Å². The number of ether oxygens (including phenoxy) is 1. The number of rotatable bonds is 4. The third-order valence-electron chi connectivity index (χ3n) is 4.53. The third kappa shape index (κ3) is 3.01. The molecule has 0 saturated carbocycles. The lowest BCUT2D eigenvalue weighted by molar-refractivity contribution is 0.482. The van der Waals surface area contributed by atoms with Gasteiger partial charge in [-0.2, -0.15) is 5.10 Å². The molecule has 28 heavy (non-hydrogen) atoms. The Hall–Kier alpha value is -3.58. The summed E-state index contributed by atoms with van der Waals surface area (Å²) >= 11 is 1.68. The Kier molecular flexibility index (Phi) is 4.06. The predicted molar refractivity (Wildman–Crippen MR) is 113 cm³/mol. The molecule has 0 amide bonds. The fourth-order valence-corrected chi connectivity index (χ4v) is 4.27. The highest BCUT2D eigenvalue weighted by molar-refractivity contribution is 7.20. The molecule has 0 saturated heterocycles. The molecule has 4 aromatic rings. The summed E-state index contributed by atoms with van der Waals surface area (Å²) in [6.45, 7) is 0.489. The van der Waals surface area contributed by atoms with Crippen LogP contribution in [0.15, 0.2) is 78.0 Å². The zero-order valence-electron chi connectivity index (χ0n) is 14.9. The van der Waals surface area contributed by atoms with E-state index < -0.39 is 0 Å². The molecule has 5 rings (SSSR count). The molecule has 0 unspecified atom stereocenters. The van der Waals surface area contributed by atoms with Gasteiger partial charge in [0, 0.05) is 22.3 Å². The molecular formula is C21H17N5OS. The van der Waals surface area contributed by atoms with Crippen LogP contribution in [0.25, 0.3) is 10.4 Å². The number of hydrogen-bond donors (Lipinski definition) is 2. The Balaban J connectivity index is 1.44. The van der Waals surface area contributed by atoms with Crippen LogP contribution in [0.3, 0.4) is 0 Å². The number of benzene rings is 2. The number of aromatic nitrogens is 2. The number of aromatic amines is 1. The van der Waals surface area contributed by atoms with Crippen molar-refractivity contribution < 1.29 is 4.74 Å². The maximum Gasteiger partial charge on any atom is 0.130 e. The Morgan fingerprint density at radius 3 is 2.57 bits per heavy atom. The molecule has 0 bridgehead atoms. The van der Waals surface area contributed by atoms with E-state index in [4.69, 9.17) is 10.5 Å². The van der Waals surface area contributed by atoms with E-state index in [1.165, 1.54) is 0 Å². The number of para-hydroxylation sites is 1. The largest absolute Gasteiger partial charge is 0.457 e. The first-order valence-corrected chi connectivity index (χ1v) is 9.63. The normalized spacial score (nSPS) is 13.1. The van der Waals surface area contributed by atoms with Crippen molar-refractivity contribution in [3.63, 3.8) is 0 Å². The first kappa shape index (κ1) is 16.6. The van der Waals surface area contributed by atoms with E-state index in [0.29, 0.717) is 12.5 Å². The monoisotopic (exact) mass is 387 g/mol. The molecule has 2 aromatic heterocycles. The summed E-state index contributed by atoms with van der Waals surface area (Å²) in [7, 11) is 0. The number of nitrogens with two attached hydrogens (primary N) is 1. The molecule has 0 fully saturated rings. The number of thiophene rings is 1. The number of nitrogens with one attached hydrogen (secondary N) is 1. The molecule has 2 aromatic carbocycles. The second-order valence-electron chi connectivity index (χ2n) is 6.34. The molecule has 0 aliphatic carbocycles. The molecular weight excluding hydrogens is 370 g/mol. The van der Waals surface area contributed by atoms with Crippen LogP contribution in [-0.2, 0) is 0 Å². The molecule has 0 atom stereocenters. The van der Waals surface area contributed by atoms with Crippen LogP contribution >= 0.6 is 11.3 Å². The minimum Gasteiger partial charge on any atom is -0.457 e. The number of hydrogen-bond acceptors (Lipinski definition) is 6. The molecule has 7 heteroatoms. The average Bonchev–Trinajstić information content (AvgIpc) is 3.40. The quantitative estimate of drug-likeness (QED) is 0.530. The van der Waals surface area contributed by atoms with Crippen LogP contribution in [0.1, 0.15) is 5.56 Å². The Labute approximate surface area is 165 Å². The van der Waals surface area contributed by atoms with Gasteiger partial charge in [-0.05, 0) is 42.5 Å². The van der Waals surface area contributed by atoms with Crippen molar-refractivity contribution in [3.05, 3.63) is 78.6 Å². The van der Waals surface area contributed by atoms with Gasteiger partial charge in [-0.1, -0.05) is 18.2 Å². The second kappa shape index (κ2) is 6.86. The molecule has 0 radical (unpaired) electrons. The fraction of sp³-hybridized carbons (Fsp3) is 0.0476. The van der Waals surface area contributed by atoms with Crippen LogP contribution in [0, 0.1) is 0 Å². The van der Waals surface area contributed by atoms with Crippen molar-refractivity contribution in [2.75, 3.05) is 11.6 Å². The van der Waals surface area contributed by atoms with Gasteiger partial charge in [0.25, 0.3) is 0 Å². The van der Waals surface area contributed by atoms with E-state index in [9.17, 15) is 0 Å². The summed E-state index contributed by atoms with van der Waals surface area (Å²) in [4.78, 5) is 7.75. The van der Waals surface area contributed by atoms with Crippen LogP contribution in [0.5, 0.6) is 11.5 Å². The summed E-state index contributed by atoms with van der Waals surface area (Å²) < 4.78 is 5.89. The molecule has 3 heterocycles. The lowest BCUT2D eigenvalue weighted by atomic mass is 10.2. The number of anilines is 2. The second-order valence-corrected chi connectivity index (χ2v) is 7.37. The Morgan fingerprint density at radius 2 is 1.82 bits per heavy atom. The molecule has 0 spiro atoms. The smallest absolute Gasteiger partial charge is 0.130 e. The van der Waals surface area contributed by atoms with Crippen LogP contribution in [0.2, 0.25) is 0 Å². The lowest BCUT2D eigenvalue weighted by Crippen LogP contribution is -2.27. The van der Waals surface area contributed by atoms with Crippen molar-refractivity contribution >= 4 is 27.9 Å². The maximum atomic E-state index is 6.15.